The van der Waals surface area contributed by atoms with Crippen molar-refractivity contribution in [2.75, 3.05) is 38.3 Å². The van der Waals surface area contributed by atoms with Gasteiger partial charge in [-0.3, -0.25) is 4.79 Å². The highest BCUT2D eigenvalue weighted by atomic mass is 32.2. The second-order valence-electron chi connectivity index (χ2n) is 5.50. The van der Waals surface area contributed by atoms with Gasteiger partial charge in [-0.1, -0.05) is 0 Å². The first-order valence-corrected chi connectivity index (χ1v) is 9.14. The Bertz CT molecular complexity index is 633. The number of anilines is 1. The molecule has 2 heterocycles. The molecule has 7 nitrogen and oxygen atoms in total. The Morgan fingerprint density at radius 2 is 2.27 bits per heavy atom. The highest BCUT2D eigenvalue weighted by Gasteiger charge is 2.25. The maximum Gasteiger partial charge on any atom is 0.237 e. The molecular weight excluding hydrogens is 304 g/mol. The van der Waals surface area contributed by atoms with Crippen molar-refractivity contribution in [2.24, 2.45) is 0 Å². The molecule has 8 heteroatoms. The van der Waals surface area contributed by atoms with Gasteiger partial charge in [-0.2, -0.15) is 0 Å². The van der Waals surface area contributed by atoms with E-state index in [4.69, 9.17) is 0 Å². The van der Waals surface area contributed by atoms with E-state index < -0.39 is 10.0 Å². The second kappa shape index (κ2) is 7.06. The summed E-state index contributed by atoms with van der Waals surface area (Å²) < 4.78 is 24.4. The molecule has 2 rings (SSSR count). The molecule has 0 radical (unpaired) electrons. The van der Waals surface area contributed by atoms with E-state index in [2.05, 4.69) is 15.0 Å². The lowest BCUT2D eigenvalue weighted by Crippen LogP contribution is -2.44. The number of carbonyl (C=O) groups excluding carboxylic acids is 1. The van der Waals surface area contributed by atoms with Crippen molar-refractivity contribution >= 4 is 21.7 Å². The van der Waals surface area contributed by atoms with E-state index in [1.54, 1.807) is 11.1 Å². The summed E-state index contributed by atoms with van der Waals surface area (Å²) in [6.45, 7) is 1.10. The fourth-order valence-electron chi connectivity index (χ4n) is 2.62. The van der Waals surface area contributed by atoms with Gasteiger partial charge in [0.1, 0.15) is 5.82 Å². The number of piperidine rings is 1. The predicted molar refractivity (Wildman–Crippen MR) is 85.2 cm³/mol. The molecule has 0 aromatic carbocycles. The summed E-state index contributed by atoms with van der Waals surface area (Å²) >= 11 is 0. The van der Waals surface area contributed by atoms with E-state index in [0.29, 0.717) is 13.1 Å². The van der Waals surface area contributed by atoms with Crippen LogP contribution in [0.3, 0.4) is 0 Å². The molecule has 1 aromatic rings. The van der Waals surface area contributed by atoms with Crippen LogP contribution in [-0.4, -0.2) is 57.1 Å². The molecule has 2 N–H and O–H groups in total. The lowest BCUT2D eigenvalue weighted by atomic mass is 9.91. The largest absolute Gasteiger partial charge is 0.373 e. The Balaban J connectivity index is 2.00. The van der Waals surface area contributed by atoms with Crippen LogP contribution in [0, 0.1) is 0 Å². The summed E-state index contributed by atoms with van der Waals surface area (Å²) in [4.78, 5) is 18.0. The molecule has 22 heavy (non-hydrogen) atoms. The minimum absolute atomic E-state index is 0.177. The van der Waals surface area contributed by atoms with E-state index >= 15 is 0 Å². The molecule has 1 fully saturated rings. The maximum absolute atomic E-state index is 12.1. The van der Waals surface area contributed by atoms with Crippen LogP contribution in [0.5, 0.6) is 0 Å². The SMILES string of the molecule is CNc1cc(C2CCCN(C(=O)CNS(C)(=O)=O)C2)ccn1. The monoisotopic (exact) mass is 326 g/mol. The smallest absolute Gasteiger partial charge is 0.237 e. The van der Waals surface area contributed by atoms with Gasteiger partial charge in [0.05, 0.1) is 12.8 Å². The average molecular weight is 326 g/mol. The third-order valence-electron chi connectivity index (χ3n) is 3.77. The summed E-state index contributed by atoms with van der Waals surface area (Å²) in [5.74, 6) is 0.878. The van der Waals surface area contributed by atoms with Crippen LogP contribution >= 0.6 is 0 Å². The van der Waals surface area contributed by atoms with Gasteiger partial charge in [0.2, 0.25) is 15.9 Å². The van der Waals surface area contributed by atoms with Crippen LogP contribution in [0.2, 0.25) is 0 Å². The molecular formula is C14H22N4O3S. The van der Waals surface area contributed by atoms with Crippen LogP contribution in [0.4, 0.5) is 5.82 Å². The molecule has 0 saturated carbocycles. The summed E-state index contributed by atoms with van der Waals surface area (Å²) in [7, 11) is -1.53. The molecule has 1 aromatic heterocycles. The molecule has 0 bridgehead atoms. The Morgan fingerprint density at radius 1 is 1.50 bits per heavy atom. The number of sulfonamides is 1. The quantitative estimate of drug-likeness (QED) is 0.816. The number of aromatic nitrogens is 1. The highest BCUT2D eigenvalue weighted by Crippen LogP contribution is 2.27. The van der Waals surface area contributed by atoms with Crippen molar-refractivity contribution in [1.82, 2.24) is 14.6 Å². The molecule has 1 atom stereocenters. The molecule has 1 unspecified atom stereocenters. The molecule has 0 aliphatic carbocycles. The van der Waals surface area contributed by atoms with Gasteiger partial charge in [-0.25, -0.2) is 18.1 Å². The van der Waals surface area contributed by atoms with Gasteiger partial charge < -0.3 is 10.2 Å². The zero-order valence-corrected chi connectivity index (χ0v) is 13.7. The van der Waals surface area contributed by atoms with Crippen LogP contribution in [-0.2, 0) is 14.8 Å². The van der Waals surface area contributed by atoms with Crippen molar-refractivity contribution in [3.63, 3.8) is 0 Å². The first kappa shape index (κ1) is 16.7. The normalized spacial score (nSPS) is 19.0. The number of carbonyl (C=O) groups is 1. The zero-order chi connectivity index (χ0) is 16.2. The van der Waals surface area contributed by atoms with Crippen molar-refractivity contribution < 1.29 is 13.2 Å². The number of rotatable bonds is 5. The number of likely N-dealkylation sites (tertiary alicyclic amines) is 1. The first-order chi connectivity index (χ1) is 10.4. The van der Waals surface area contributed by atoms with Crippen LogP contribution < -0.4 is 10.0 Å². The number of hydrogen-bond donors (Lipinski definition) is 2. The van der Waals surface area contributed by atoms with Crippen molar-refractivity contribution in [1.29, 1.82) is 0 Å². The first-order valence-electron chi connectivity index (χ1n) is 7.25. The Labute approximate surface area is 131 Å². The summed E-state index contributed by atoms with van der Waals surface area (Å²) in [6, 6.07) is 3.96. The van der Waals surface area contributed by atoms with E-state index in [1.165, 1.54) is 0 Å². The lowest BCUT2D eigenvalue weighted by molar-refractivity contribution is -0.131. The fourth-order valence-corrected chi connectivity index (χ4v) is 3.00. The maximum atomic E-state index is 12.1. The number of amides is 1. The van der Waals surface area contributed by atoms with E-state index in [1.807, 2.05) is 19.2 Å². The Morgan fingerprint density at radius 3 is 2.95 bits per heavy atom. The van der Waals surface area contributed by atoms with Crippen molar-refractivity contribution in [3.8, 4) is 0 Å². The molecule has 1 aliphatic rings. The average Bonchev–Trinajstić information content (AvgIpc) is 2.52. The van der Waals surface area contributed by atoms with Gasteiger partial charge >= 0.3 is 0 Å². The fraction of sp³-hybridized carbons (Fsp3) is 0.571. The van der Waals surface area contributed by atoms with E-state index in [-0.39, 0.29) is 18.4 Å². The van der Waals surface area contributed by atoms with Crippen molar-refractivity contribution in [3.05, 3.63) is 23.9 Å². The minimum atomic E-state index is -3.35. The lowest BCUT2D eigenvalue weighted by Gasteiger charge is -2.33. The van der Waals surface area contributed by atoms with Gasteiger partial charge in [-0.05, 0) is 30.5 Å². The van der Waals surface area contributed by atoms with Crippen LogP contribution in [0.25, 0.3) is 0 Å². The van der Waals surface area contributed by atoms with E-state index in [9.17, 15) is 13.2 Å². The van der Waals surface area contributed by atoms with Gasteiger partial charge in [-0.15, -0.1) is 0 Å². The number of nitrogens with zero attached hydrogens (tertiary/aromatic N) is 2. The topological polar surface area (TPSA) is 91.4 Å². The van der Waals surface area contributed by atoms with Crippen molar-refractivity contribution in [2.45, 2.75) is 18.8 Å². The Hall–Kier alpha value is -1.67. The number of nitrogens with one attached hydrogen (secondary N) is 2. The molecule has 122 valence electrons. The predicted octanol–water partition coefficient (Wildman–Crippen LogP) is 0.379. The standard InChI is InChI=1S/C14H22N4O3S/c1-15-13-8-11(5-6-16-13)12-4-3-7-18(10-12)14(19)9-17-22(2,20)21/h5-6,8,12,17H,3-4,7,9-10H2,1-2H3,(H,15,16). The summed E-state index contributed by atoms with van der Waals surface area (Å²) in [5.41, 5.74) is 1.15. The van der Waals surface area contributed by atoms with Crippen LogP contribution in [0.15, 0.2) is 18.3 Å². The third kappa shape index (κ3) is 4.67. The summed E-state index contributed by atoms with van der Waals surface area (Å²) in [6.07, 6.45) is 4.73. The highest BCUT2D eigenvalue weighted by molar-refractivity contribution is 7.88. The van der Waals surface area contributed by atoms with E-state index in [0.717, 1.165) is 30.5 Å². The zero-order valence-electron chi connectivity index (χ0n) is 12.9. The molecule has 1 aliphatic heterocycles. The molecule has 0 spiro atoms. The van der Waals surface area contributed by atoms with Gasteiger partial charge in [0.15, 0.2) is 0 Å². The minimum Gasteiger partial charge on any atom is -0.373 e. The van der Waals surface area contributed by atoms with Gasteiger partial charge in [0, 0.05) is 32.3 Å². The van der Waals surface area contributed by atoms with Crippen LogP contribution in [0.1, 0.15) is 24.3 Å². The molecule has 1 saturated heterocycles. The number of hydrogen-bond acceptors (Lipinski definition) is 5. The molecule has 1 amide bonds. The third-order valence-corrected chi connectivity index (χ3v) is 4.44. The Kier molecular flexibility index (Phi) is 5.36. The second-order valence-corrected chi connectivity index (χ2v) is 7.33. The number of pyridine rings is 1. The van der Waals surface area contributed by atoms with Gasteiger partial charge in [0.25, 0.3) is 0 Å². The summed E-state index contributed by atoms with van der Waals surface area (Å²) in [5, 5.41) is 3.01.